The van der Waals surface area contributed by atoms with Crippen LogP contribution in [0.2, 0.25) is 5.02 Å². The highest BCUT2D eigenvalue weighted by Gasteiger charge is 2.21. The van der Waals surface area contributed by atoms with Crippen molar-refractivity contribution in [1.29, 1.82) is 0 Å². The van der Waals surface area contributed by atoms with Gasteiger partial charge in [0.15, 0.2) is 17.2 Å². The third kappa shape index (κ3) is 2.18. The van der Waals surface area contributed by atoms with Gasteiger partial charge in [-0.1, -0.05) is 11.6 Å². The van der Waals surface area contributed by atoms with E-state index in [4.69, 9.17) is 21.4 Å². The Balaban J connectivity index is 2.73. The van der Waals surface area contributed by atoms with Crippen LogP contribution in [0.15, 0.2) is 12.1 Å². The lowest BCUT2D eigenvalue weighted by Gasteiger charge is -2.13. The molecule has 106 valence electrons. The highest BCUT2D eigenvalue weighted by atomic mass is 35.5. The first kappa shape index (κ1) is 14.2. The molecule has 0 aliphatic carbocycles. The fraction of sp³-hybridized carbons (Fsp3) is 0.231. The molecule has 0 aliphatic rings. The zero-order chi connectivity index (χ0) is 15.0. The Morgan fingerprint density at radius 3 is 2.60 bits per heavy atom. The molecule has 0 fully saturated rings. The average Bonchev–Trinajstić information content (AvgIpc) is 2.72. The van der Waals surface area contributed by atoms with Gasteiger partial charge in [0.25, 0.3) is 0 Å². The summed E-state index contributed by atoms with van der Waals surface area (Å²) in [7, 11) is 3.02. The van der Waals surface area contributed by atoms with Crippen LogP contribution in [0.4, 0.5) is 0 Å². The molecule has 0 amide bonds. The minimum absolute atomic E-state index is 0.0700. The molecule has 1 heterocycles. The Morgan fingerprint density at radius 2 is 2.10 bits per heavy atom. The van der Waals surface area contributed by atoms with E-state index in [-0.39, 0.29) is 22.2 Å². The van der Waals surface area contributed by atoms with Crippen LogP contribution in [0, 0.1) is 6.92 Å². The van der Waals surface area contributed by atoms with Crippen LogP contribution in [0.5, 0.6) is 11.5 Å². The third-order valence-corrected chi connectivity index (χ3v) is 3.32. The lowest BCUT2D eigenvalue weighted by molar-refractivity contribution is 0.0689. The van der Waals surface area contributed by atoms with Crippen molar-refractivity contribution in [1.82, 2.24) is 9.78 Å². The molecule has 0 atom stereocenters. The first-order valence-corrected chi connectivity index (χ1v) is 6.08. The number of hydrogen-bond acceptors (Lipinski definition) is 4. The van der Waals surface area contributed by atoms with E-state index in [1.807, 2.05) is 0 Å². The van der Waals surface area contributed by atoms with Crippen molar-refractivity contribution in [2.24, 2.45) is 7.05 Å². The SMILES string of the molecule is COc1c(O)cc(C)c(-c2cc(C(=O)O)nn2C)c1Cl. The van der Waals surface area contributed by atoms with Crippen molar-refractivity contribution in [3.05, 3.63) is 28.4 Å². The average molecular weight is 297 g/mol. The maximum Gasteiger partial charge on any atom is 0.356 e. The molecule has 0 unspecified atom stereocenters. The molecule has 0 aliphatic heterocycles. The van der Waals surface area contributed by atoms with Gasteiger partial charge in [0.2, 0.25) is 0 Å². The Bertz CT molecular complexity index is 694. The zero-order valence-corrected chi connectivity index (χ0v) is 11.9. The number of phenolic OH excluding ortho intramolecular Hbond substituents is 1. The lowest BCUT2D eigenvalue weighted by Crippen LogP contribution is -2.00. The first-order chi connectivity index (χ1) is 9.36. The number of carbonyl (C=O) groups is 1. The van der Waals surface area contributed by atoms with Crippen molar-refractivity contribution in [2.75, 3.05) is 7.11 Å². The number of phenols is 1. The predicted molar refractivity (Wildman–Crippen MR) is 73.6 cm³/mol. The molecule has 0 spiro atoms. The number of aromatic nitrogens is 2. The zero-order valence-electron chi connectivity index (χ0n) is 11.1. The molecule has 0 saturated carbocycles. The lowest BCUT2D eigenvalue weighted by atomic mass is 10.0. The summed E-state index contributed by atoms with van der Waals surface area (Å²) in [5.74, 6) is -1.05. The number of nitrogens with zero attached hydrogens (tertiary/aromatic N) is 2. The number of aromatic carboxylic acids is 1. The van der Waals surface area contributed by atoms with Gasteiger partial charge in [-0.05, 0) is 24.6 Å². The van der Waals surface area contributed by atoms with Gasteiger partial charge in [-0.3, -0.25) is 4.68 Å². The topological polar surface area (TPSA) is 84.6 Å². The van der Waals surface area contributed by atoms with Crippen molar-refractivity contribution in [3.63, 3.8) is 0 Å². The summed E-state index contributed by atoms with van der Waals surface area (Å²) in [6.45, 7) is 1.76. The number of carboxylic acid groups (broad SMARTS) is 1. The molecular formula is C13H13ClN2O4. The van der Waals surface area contributed by atoms with E-state index in [0.717, 1.165) is 0 Å². The fourth-order valence-electron chi connectivity index (χ4n) is 2.06. The third-order valence-electron chi connectivity index (χ3n) is 2.96. The first-order valence-electron chi connectivity index (χ1n) is 5.70. The van der Waals surface area contributed by atoms with Gasteiger partial charge >= 0.3 is 5.97 Å². The quantitative estimate of drug-likeness (QED) is 0.909. The molecule has 6 nitrogen and oxygen atoms in total. The number of halogens is 1. The summed E-state index contributed by atoms with van der Waals surface area (Å²) in [6.07, 6.45) is 0. The summed E-state index contributed by atoms with van der Waals surface area (Å²) in [4.78, 5) is 11.0. The molecule has 1 aromatic carbocycles. The van der Waals surface area contributed by atoms with Crippen LogP contribution in [-0.4, -0.2) is 33.1 Å². The van der Waals surface area contributed by atoms with Gasteiger partial charge < -0.3 is 14.9 Å². The van der Waals surface area contributed by atoms with Crippen LogP contribution in [0.25, 0.3) is 11.3 Å². The van der Waals surface area contributed by atoms with Crippen molar-refractivity contribution in [2.45, 2.75) is 6.92 Å². The maximum absolute atomic E-state index is 11.0. The van der Waals surface area contributed by atoms with Crippen molar-refractivity contribution in [3.8, 4) is 22.8 Å². The normalized spacial score (nSPS) is 10.6. The number of rotatable bonds is 3. The molecule has 0 radical (unpaired) electrons. The number of methoxy groups -OCH3 is 1. The second kappa shape index (κ2) is 5.05. The molecule has 0 saturated heterocycles. The molecule has 2 N–H and O–H groups in total. The fourth-order valence-corrected chi connectivity index (χ4v) is 2.48. The molecule has 2 rings (SSSR count). The molecular weight excluding hydrogens is 284 g/mol. The van der Waals surface area contributed by atoms with Gasteiger partial charge in [-0.25, -0.2) is 4.79 Å². The molecule has 7 heteroatoms. The van der Waals surface area contributed by atoms with Crippen molar-refractivity contribution < 1.29 is 19.7 Å². The number of carboxylic acids is 1. The monoisotopic (exact) mass is 296 g/mol. The van der Waals surface area contributed by atoms with E-state index in [1.54, 1.807) is 14.0 Å². The number of aromatic hydroxyl groups is 1. The summed E-state index contributed by atoms with van der Waals surface area (Å²) in [5.41, 5.74) is 1.71. The van der Waals surface area contributed by atoms with E-state index in [0.29, 0.717) is 16.8 Å². The minimum atomic E-state index is -1.12. The molecule has 1 aromatic heterocycles. The van der Waals surface area contributed by atoms with E-state index in [2.05, 4.69) is 5.10 Å². The largest absolute Gasteiger partial charge is 0.504 e. The van der Waals surface area contributed by atoms with Crippen LogP contribution in [0.1, 0.15) is 16.1 Å². The van der Waals surface area contributed by atoms with Crippen LogP contribution in [-0.2, 0) is 7.05 Å². The molecule has 20 heavy (non-hydrogen) atoms. The van der Waals surface area contributed by atoms with Gasteiger partial charge in [0, 0.05) is 12.6 Å². The molecule has 2 aromatic rings. The van der Waals surface area contributed by atoms with E-state index < -0.39 is 5.97 Å². The summed E-state index contributed by atoms with van der Waals surface area (Å²) in [6, 6.07) is 2.93. The highest BCUT2D eigenvalue weighted by molar-refractivity contribution is 6.35. The van der Waals surface area contributed by atoms with Gasteiger partial charge in [-0.2, -0.15) is 5.10 Å². The minimum Gasteiger partial charge on any atom is -0.504 e. The van der Waals surface area contributed by atoms with E-state index in [1.165, 1.54) is 23.9 Å². The van der Waals surface area contributed by atoms with Crippen molar-refractivity contribution >= 4 is 17.6 Å². The van der Waals surface area contributed by atoms with Gasteiger partial charge in [0.1, 0.15) is 0 Å². The van der Waals surface area contributed by atoms with E-state index in [9.17, 15) is 9.90 Å². The maximum atomic E-state index is 11.0. The Labute approximate surface area is 120 Å². The predicted octanol–water partition coefficient (Wildman–Crippen LogP) is 2.46. The van der Waals surface area contributed by atoms with E-state index >= 15 is 0 Å². The van der Waals surface area contributed by atoms with Crippen LogP contribution >= 0.6 is 11.6 Å². The van der Waals surface area contributed by atoms with Crippen LogP contribution < -0.4 is 4.74 Å². The second-order valence-corrected chi connectivity index (χ2v) is 4.66. The standard InChI is InChI=1S/C13H13ClN2O4/c1-6-4-9(17)12(20-3)11(14)10(6)8-5-7(13(18)19)15-16(8)2/h4-5,17H,1-3H3,(H,18,19). The van der Waals surface area contributed by atoms with Gasteiger partial charge in [-0.15, -0.1) is 0 Å². The summed E-state index contributed by atoms with van der Waals surface area (Å²) in [5, 5.41) is 22.9. The smallest absolute Gasteiger partial charge is 0.356 e. The summed E-state index contributed by atoms with van der Waals surface area (Å²) >= 11 is 6.24. The Kier molecular flexibility index (Phi) is 3.59. The van der Waals surface area contributed by atoms with Gasteiger partial charge in [0.05, 0.1) is 17.8 Å². The Hall–Kier alpha value is -2.21. The second-order valence-electron chi connectivity index (χ2n) is 4.28. The van der Waals surface area contributed by atoms with Crippen LogP contribution in [0.3, 0.4) is 0 Å². The highest BCUT2D eigenvalue weighted by Crippen LogP contribution is 2.43. The number of aryl methyl sites for hydroxylation is 2. The number of hydrogen-bond donors (Lipinski definition) is 2. The summed E-state index contributed by atoms with van der Waals surface area (Å²) < 4.78 is 6.48. The molecule has 0 bridgehead atoms. The number of ether oxygens (including phenoxy) is 1. The Morgan fingerprint density at radius 1 is 1.45 bits per heavy atom. The number of benzene rings is 1.